The smallest absolute Gasteiger partial charge is 0.406 e. The number of rotatable bonds is 5. The van der Waals surface area contributed by atoms with Crippen LogP contribution in [-0.4, -0.2) is 25.0 Å². The lowest BCUT2D eigenvalue weighted by Gasteiger charge is -2.14. The molecule has 5 nitrogen and oxygen atoms in total. The third kappa shape index (κ3) is 4.85. The number of anilines is 1. The van der Waals surface area contributed by atoms with Gasteiger partial charge in [-0.1, -0.05) is 18.3 Å². The largest absolute Gasteiger partial charge is 0.573 e. The van der Waals surface area contributed by atoms with Crippen molar-refractivity contribution in [2.24, 2.45) is 5.73 Å². The minimum atomic E-state index is -4.86. The summed E-state index contributed by atoms with van der Waals surface area (Å²) < 4.78 is 65.5. The molecule has 0 saturated carbocycles. The van der Waals surface area contributed by atoms with Crippen LogP contribution in [0.1, 0.15) is 6.92 Å². The molecule has 1 atom stereocenters. The summed E-state index contributed by atoms with van der Waals surface area (Å²) in [7, 11) is -3.93. The first kappa shape index (κ1) is 16.5. The second-order valence-corrected chi connectivity index (χ2v) is 6.24. The van der Waals surface area contributed by atoms with Crippen LogP contribution in [0.2, 0.25) is 0 Å². The van der Waals surface area contributed by atoms with Crippen molar-refractivity contribution in [2.45, 2.75) is 18.5 Å². The lowest BCUT2D eigenvalue weighted by Crippen LogP contribution is -2.35. The Hall–Kier alpha value is -1.55. The number of halogens is 3. The first-order chi connectivity index (χ1) is 9.01. The second-order valence-electron chi connectivity index (χ2n) is 3.77. The van der Waals surface area contributed by atoms with Gasteiger partial charge in [-0.05, 0) is 19.1 Å². The van der Waals surface area contributed by atoms with Crippen LogP contribution >= 0.6 is 12.2 Å². The Morgan fingerprint density at radius 2 is 2.05 bits per heavy atom. The molecule has 3 N–H and O–H groups in total. The van der Waals surface area contributed by atoms with Crippen molar-refractivity contribution < 1.29 is 26.3 Å². The van der Waals surface area contributed by atoms with Gasteiger partial charge >= 0.3 is 6.36 Å². The summed E-state index contributed by atoms with van der Waals surface area (Å²) in [6, 6.07) is 4.43. The summed E-state index contributed by atoms with van der Waals surface area (Å²) in [6.07, 6.45) is -4.86. The van der Waals surface area contributed by atoms with Gasteiger partial charge in [-0.25, -0.2) is 8.42 Å². The number of hydrogen-bond donors (Lipinski definition) is 2. The lowest BCUT2D eigenvalue weighted by molar-refractivity contribution is -0.274. The van der Waals surface area contributed by atoms with E-state index in [2.05, 4.69) is 21.7 Å². The molecule has 1 aromatic rings. The number of ether oxygens (including phenoxy) is 1. The summed E-state index contributed by atoms with van der Waals surface area (Å²) in [5.74, 6) is -0.541. The number of nitrogens with two attached hydrogens (primary N) is 1. The number of thiocarbonyl (C=S) groups is 1. The van der Waals surface area contributed by atoms with Crippen LogP contribution in [0.5, 0.6) is 5.75 Å². The van der Waals surface area contributed by atoms with Gasteiger partial charge in [-0.2, -0.15) is 0 Å². The van der Waals surface area contributed by atoms with Gasteiger partial charge in [0, 0.05) is 6.07 Å². The number of alkyl halides is 3. The Morgan fingerprint density at radius 1 is 1.45 bits per heavy atom. The van der Waals surface area contributed by atoms with Crippen molar-refractivity contribution in [2.75, 3.05) is 4.72 Å². The van der Waals surface area contributed by atoms with Gasteiger partial charge in [0.05, 0.1) is 10.7 Å². The lowest BCUT2D eigenvalue weighted by atomic mass is 10.3. The Kier molecular flexibility index (Phi) is 4.81. The second kappa shape index (κ2) is 5.83. The normalized spacial score (nSPS) is 13.6. The van der Waals surface area contributed by atoms with Crippen molar-refractivity contribution in [1.29, 1.82) is 0 Å². The fourth-order valence-corrected chi connectivity index (χ4v) is 2.48. The first-order valence-electron chi connectivity index (χ1n) is 5.18. The van der Waals surface area contributed by atoms with Crippen LogP contribution in [0.25, 0.3) is 0 Å². The van der Waals surface area contributed by atoms with Crippen molar-refractivity contribution in [1.82, 2.24) is 0 Å². The Morgan fingerprint density at radius 3 is 2.55 bits per heavy atom. The summed E-state index contributed by atoms with van der Waals surface area (Å²) in [5, 5.41) is -1.16. The Bertz CT molecular complexity index is 602. The maximum atomic E-state index is 12.1. The van der Waals surface area contributed by atoms with Crippen molar-refractivity contribution in [3.63, 3.8) is 0 Å². The van der Waals surface area contributed by atoms with Gasteiger partial charge in [0.2, 0.25) is 10.0 Å². The molecule has 0 heterocycles. The highest BCUT2D eigenvalue weighted by Crippen LogP contribution is 2.25. The molecule has 1 unspecified atom stereocenters. The van der Waals surface area contributed by atoms with E-state index < -0.39 is 27.4 Å². The zero-order valence-electron chi connectivity index (χ0n) is 10.1. The molecule has 0 amide bonds. The number of benzene rings is 1. The van der Waals surface area contributed by atoms with E-state index >= 15 is 0 Å². The zero-order chi connectivity index (χ0) is 15.6. The molecule has 1 aromatic carbocycles. The molecule has 0 aliphatic heterocycles. The van der Waals surface area contributed by atoms with Crippen LogP contribution in [0.3, 0.4) is 0 Å². The molecule has 0 spiro atoms. The molecule has 0 aromatic heterocycles. The Labute approximate surface area is 119 Å². The topological polar surface area (TPSA) is 81.4 Å². The van der Waals surface area contributed by atoms with Crippen LogP contribution < -0.4 is 15.2 Å². The van der Waals surface area contributed by atoms with E-state index in [0.29, 0.717) is 0 Å². The molecular formula is C10H11F3N2O3S2. The van der Waals surface area contributed by atoms with E-state index in [0.717, 1.165) is 12.1 Å². The molecule has 112 valence electrons. The predicted octanol–water partition coefficient (Wildman–Crippen LogP) is 2.00. The molecule has 0 saturated heterocycles. The van der Waals surface area contributed by atoms with Crippen molar-refractivity contribution >= 4 is 32.9 Å². The minimum absolute atomic E-state index is 0.0881. The van der Waals surface area contributed by atoms with E-state index in [4.69, 9.17) is 5.73 Å². The van der Waals surface area contributed by atoms with E-state index in [9.17, 15) is 21.6 Å². The molecule has 0 bridgehead atoms. The molecule has 0 fully saturated rings. The average molecular weight is 328 g/mol. The summed E-state index contributed by atoms with van der Waals surface area (Å²) in [4.78, 5) is -0.250. The molecule has 20 heavy (non-hydrogen) atoms. The fourth-order valence-electron chi connectivity index (χ4n) is 1.16. The quantitative estimate of drug-likeness (QED) is 0.808. The van der Waals surface area contributed by atoms with Crippen LogP contribution in [0, 0.1) is 0 Å². The highest BCUT2D eigenvalue weighted by atomic mass is 32.2. The van der Waals surface area contributed by atoms with E-state index in [1.54, 1.807) is 0 Å². The van der Waals surface area contributed by atoms with Gasteiger partial charge in [-0.3, -0.25) is 4.72 Å². The summed E-state index contributed by atoms with van der Waals surface area (Å²) >= 11 is 4.57. The molecular weight excluding hydrogens is 317 g/mol. The third-order valence-corrected chi connectivity index (χ3v) is 4.40. The highest BCUT2D eigenvalue weighted by Gasteiger charge is 2.31. The molecule has 0 aliphatic rings. The van der Waals surface area contributed by atoms with Gasteiger partial charge in [-0.15, -0.1) is 13.2 Å². The van der Waals surface area contributed by atoms with Crippen molar-refractivity contribution in [3.05, 3.63) is 24.3 Å². The van der Waals surface area contributed by atoms with Crippen LogP contribution in [0.15, 0.2) is 24.3 Å². The van der Waals surface area contributed by atoms with Gasteiger partial charge in [0.25, 0.3) is 0 Å². The maximum Gasteiger partial charge on any atom is 0.573 e. The molecule has 0 aliphatic carbocycles. The SMILES string of the molecule is CC(C(N)=S)S(=O)(=O)Nc1cccc(OC(F)(F)F)c1. The Balaban J connectivity index is 2.94. The van der Waals surface area contributed by atoms with E-state index in [1.807, 2.05) is 0 Å². The first-order valence-corrected chi connectivity index (χ1v) is 7.13. The van der Waals surface area contributed by atoms with Gasteiger partial charge in [0.1, 0.15) is 11.0 Å². The van der Waals surface area contributed by atoms with Crippen LogP contribution in [0.4, 0.5) is 18.9 Å². The van der Waals surface area contributed by atoms with Gasteiger partial charge in [0.15, 0.2) is 0 Å². The summed E-state index contributed by atoms with van der Waals surface area (Å²) in [6.45, 7) is 1.26. The monoisotopic (exact) mass is 328 g/mol. The standard InChI is InChI=1S/C10H11F3N2O3S2/c1-6(9(14)19)20(16,17)15-7-3-2-4-8(5-7)18-10(11,12)13/h2-6,15H,1H3,(H2,14,19). The maximum absolute atomic E-state index is 12.1. The third-order valence-electron chi connectivity index (χ3n) is 2.19. The highest BCUT2D eigenvalue weighted by molar-refractivity contribution is 7.95. The van der Waals surface area contributed by atoms with Gasteiger partial charge < -0.3 is 10.5 Å². The molecule has 1 rings (SSSR count). The van der Waals surface area contributed by atoms with E-state index in [-0.39, 0.29) is 10.7 Å². The van der Waals surface area contributed by atoms with Crippen molar-refractivity contribution in [3.8, 4) is 5.75 Å². The minimum Gasteiger partial charge on any atom is -0.406 e. The zero-order valence-corrected chi connectivity index (χ0v) is 11.8. The molecule has 10 heteroatoms. The molecule has 0 radical (unpaired) electrons. The summed E-state index contributed by atoms with van der Waals surface area (Å²) in [5.41, 5.74) is 5.14. The predicted molar refractivity (Wildman–Crippen MR) is 71.9 cm³/mol. The number of nitrogens with one attached hydrogen (secondary N) is 1. The van der Waals surface area contributed by atoms with Crippen LogP contribution in [-0.2, 0) is 10.0 Å². The fraction of sp³-hybridized carbons (Fsp3) is 0.300. The number of sulfonamides is 1. The average Bonchev–Trinajstić information content (AvgIpc) is 2.25. The number of hydrogen-bond acceptors (Lipinski definition) is 4. The van der Waals surface area contributed by atoms with E-state index in [1.165, 1.54) is 19.1 Å².